The minimum absolute atomic E-state index is 0.0603. The highest BCUT2D eigenvalue weighted by molar-refractivity contribution is 9.10. The van der Waals surface area contributed by atoms with Gasteiger partial charge in [-0.05, 0) is 52.7 Å². The van der Waals surface area contributed by atoms with Crippen molar-refractivity contribution in [3.8, 4) is 0 Å². The van der Waals surface area contributed by atoms with Crippen molar-refractivity contribution in [2.75, 3.05) is 0 Å². The Morgan fingerprint density at radius 3 is 2.70 bits per heavy atom. The first-order valence-corrected chi connectivity index (χ1v) is 7.87. The summed E-state index contributed by atoms with van der Waals surface area (Å²) < 4.78 is 27.8. The molecule has 0 aliphatic carbocycles. The number of nitrogens with two attached hydrogens (primary N) is 1. The number of halogens is 3. The van der Waals surface area contributed by atoms with E-state index in [1.165, 1.54) is 23.9 Å². The molecule has 2 aromatic rings. The smallest absolute Gasteiger partial charge is 0.144 e. The van der Waals surface area contributed by atoms with Crippen LogP contribution in [0.25, 0.3) is 0 Å². The normalized spacial score (nSPS) is 12.4. The lowest BCUT2D eigenvalue weighted by Gasteiger charge is -2.09. The lowest BCUT2D eigenvalue weighted by Crippen LogP contribution is -2.04. The summed E-state index contributed by atoms with van der Waals surface area (Å²) in [4.78, 5) is 0.943. The van der Waals surface area contributed by atoms with E-state index < -0.39 is 11.6 Å². The quantitative estimate of drug-likeness (QED) is 0.612. The molecule has 0 spiro atoms. The Morgan fingerprint density at radius 1 is 1.25 bits per heavy atom. The van der Waals surface area contributed by atoms with Crippen molar-refractivity contribution >= 4 is 27.7 Å². The molecule has 106 valence electrons. The van der Waals surface area contributed by atoms with Gasteiger partial charge in [-0.1, -0.05) is 12.1 Å². The van der Waals surface area contributed by atoms with E-state index in [1.807, 2.05) is 31.2 Å². The van der Waals surface area contributed by atoms with Gasteiger partial charge in [0.05, 0.1) is 4.47 Å². The average molecular weight is 358 g/mol. The molecular weight excluding hydrogens is 344 g/mol. The van der Waals surface area contributed by atoms with E-state index in [1.54, 1.807) is 0 Å². The third-order valence-electron chi connectivity index (χ3n) is 2.91. The number of hydrogen-bond acceptors (Lipinski definition) is 2. The maximum atomic E-state index is 13.9. The summed E-state index contributed by atoms with van der Waals surface area (Å²) in [7, 11) is 0. The number of rotatable bonds is 4. The van der Waals surface area contributed by atoms with Crippen molar-refractivity contribution in [3.63, 3.8) is 0 Å². The van der Waals surface area contributed by atoms with Gasteiger partial charge in [0.1, 0.15) is 11.6 Å². The van der Waals surface area contributed by atoms with Crippen molar-refractivity contribution in [1.29, 1.82) is 0 Å². The van der Waals surface area contributed by atoms with E-state index >= 15 is 0 Å². The Bertz CT molecular complexity index is 617. The summed E-state index contributed by atoms with van der Waals surface area (Å²) in [5.41, 5.74) is 6.91. The Hall–Kier alpha value is -0.910. The zero-order chi connectivity index (χ0) is 14.7. The van der Waals surface area contributed by atoms with Crippen LogP contribution in [-0.4, -0.2) is 0 Å². The fraction of sp³-hybridized carbons (Fsp3) is 0.200. The lowest BCUT2D eigenvalue weighted by molar-refractivity contribution is 0.562. The molecule has 0 saturated heterocycles. The zero-order valence-corrected chi connectivity index (χ0v) is 13.3. The highest BCUT2D eigenvalue weighted by atomic mass is 79.9. The largest absolute Gasteiger partial charge is 0.324 e. The second kappa shape index (κ2) is 6.70. The van der Waals surface area contributed by atoms with E-state index in [2.05, 4.69) is 15.9 Å². The van der Waals surface area contributed by atoms with Gasteiger partial charge in [0, 0.05) is 22.3 Å². The molecule has 0 bridgehead atoms. The minimum Gasteiger partial charge on any atom is -0.324 e. The molecule has 5 heteroatoms. The van der Waals surface area contributed by atoms with Gasteiger partial charge in [-0.25, -0.2) is 8.78 Å². The first-order valence-electron chi connectivity index (χ1n) is 6.09. The summed E-state index contributed by atoms with van der Waals surface area (Å²) in [6.07, 6.45) is 0. The predicted molar refractivity (Wildman–Crippen MR) is 82.7 cm³/mol. The van der Waals surface area contributed by atoms with E-state index in [9.17, 15) is 8.78 Å². The van der Waals surface area contributed by atoms with Gasteiger partial charge in [-0.2, -0.15) is 0 Å². The van der Waals surface area contributed by atoms with Crippen LogP contribution in [0.15, 0.2) is 45.8 Å². The zero-order valence-electron chi connectivity index (χ0n) is 10.9. The standard InChI is InChI=1S/C15H14BrF2NS/c1-9(19)10-3-2-4-11(7-10)20-8-12-14(17)6-5-13(16)15(12)18/h2-7,9H,8,19H2,1H3. The van der Waals surface area contributed by atoms with Crippen LogP contribution in [0.2, 0.25) is 0 Å². The maximum absolute atomic E-state index is 13.9. The molecule has 0 aromatic heterocycles. The molecule has 0 aliphatic rings. The predicted octanol–water partition coefficient (Wildman–Crippen LogP) is 5.04. The third-order valence-corrected chi connectivity index (χ3v) is 4.54. The van der Waals surface area contributed by atoms with Crippen LogP contribution < -0.4 is 5.73 Å². The van der Waals surface area contributed by atoms with Gasteiger partial charge < -0.3 is 5.73 Å². The lowest BCUT2D eigenvalue weighted by atomic mass is 10.1. The van der Waals surface area contributed by atoms with E-state index in [4.69, 9.17) is 5.73 Å². The van der Waals surface area contributed by atoms with Crippen molar-refractivity contribution in [2.24, 2.45) is 5.73 Å². The van der Waals surface area contributed by atoms with Crippen LogP contribution in [0.5, 0.6) is 0 Å². The first kappa shape index (κ1) is 15.5. The van der Waals surface area contributed by atoms with Crippen LogP contribution in [0, 0.1) is 11.6 Å². The number of benzene rings is 2. The molecule has 0 heterocycles. The molecule has 1 unspecified atom stereocenters. The van der Waals surface area contributed by atoms with E-state index in [-0.39, 0.29) is 21.8 Å². The molecule has 0 radical (unpaired) electrons. The molecule has 2 N–H and O–H groups in total. The summed E-state index contributed by atoms with van der Waals surface area (Å²) in [5.74, 6) is -0.832. The highest BCUT2D eigenvalue weighted by Crippen LogP contribution is 2.29. The molecule has 20 heavy (non-hydrogen) atoms. The maximum Gasteiger partial charge on any atom is 0.144 e. The molecule has 0 aliphatic heterocycles. The van der Waals surface area contributed by atoms with Gasteiger partial charge in [0.25, 0.3) is 0 Å². The second-order valence-corrected chi connectivity index (χ2v) is 6.37. The summed E-state index contributed by atoms with van der Waals surface area (Å²) in [5, 5.41) is 0. The van der Waals surface area contributed by atoms with Crippen LogP contribution >= 0.6 is 27.7 Å². The van der Waals surface area contributed by atoms with E-state index in [0.29, 0.717) is 0 Å². The average Bonchev–Trinajstić information content (AvgIpc) is 2.43. The Labute approximate surface area is 129 Å². The van der Waals surface area contributed by atoms with Crippen LogP contribution in [0.3, 0.4) is 0 Å². The molecule has 2 aromatic carbocycles. The van der Waals surface area contributed by atoms with Gasteiger partial charge in [-0.3, -0.25) is 0 Å². The fourth-order valence-electron chi connectivity index (χ4n) is 1.74. The first-order chi connectivity index (χ1) is 9.49. The topological polar surface area (TPSA) is 26.0 Å². The SMILES string of the molecule is CC(N)c1cccc(SCc2c(F)ccc(Br)c2F)c1. The Balaban J connectivity index is 2.17. The molecule has 0 fully saturated rings. The fourth-order valence-corrected chi connectivity index (χ4v) is 3.09. The Kier molecular flexibility index (Phi) is 5.18. The van der Waals surface area contributed by atoms with Crippen molar-refractivity contribution < 1.29 is 8.78 Å². The van der Waals surface area contributed by atoms with Crippen LogP contribution in [0.4, 0.5) is 8.78 Å². The van der Waals surface area contributed by atoms with Crippen molar-refractivity contribution in [1.82, 2.24) is 0 Å². The molecule has 1 atom stereocenters. The molecule has 1 nitrogen and oxygen atoms in total. The van der Waals surface area contributed by atoms with Gasteiger partial charge in [0.2, 0.25) is 0 Å². The molecule has 0 amide bonds. The summed E-state index contributed by atoms with van der Waals surface area (Å²) in [6, 6.07) is 10.3. The minimum atomic E-state index is -0.541. The highest BCUT2D eigenvalue weighted by Gasteiger charge is 2.12. The monoisotopic (exact) mass is 357 g/mol. The Morgan fingerprint density at radius 2 is 2.00 bits per heavy atom. The van der Waals surface area contributed by atoms with E-state index in [0.717, 1.165) is 10.5 Å². The summed E-state index contributed by atoms with van der Waals surface area (Å²) >= 11 is 4.46. The molecule has 2 rings (SSSR count). The van der Waals surface area contributed by atoms with Crippen molar-refractivity contribution in [3.05, 3.63) is 63.6 Å². The van der Waals surface area contributed by atoms with Gasteiger partial charge in [-0.15, -0.1) is 11.8 Å². The molecular formula is C15H14BrF2NS. The second-order valence-electron chi connectivity index (χ2n) is 4.47. The van der Waals surface area contributed by atoms with Gasteiger partial charge >= 0.3 is 0 Å². The number of thioether (sulfide) groups is 1. The van der Waals surface area contributed by atoms with Crippen LogP contribution in [0.1, 0.15) is 24.1 Å². The van der Waals surface area contributed by atoms with Gasteiger partial charge in [0.15, 0.2) is 0 Å². The van der Waals surface area contributed by atoms with Crippen molar-refractivity contribution in [2.45, 2.75) is 23.6 Å². The third kappa shape index (κ3) is 3.59. The summed E-state index contributed by atoms with van der Waals surface area (Å²) in [6.45, 7) is 1.90. The number of hydrogen-bond donors (Lipinski definition) is 1. The van der Waals surface area contributed by atoms with Crippen LogP contribution in [-0.2, 0) is 5.75 Å². The molecule has 0 saturated carbocycles.